The number of hydrogen-bond donors (Lipinski definition) is 0. The Labute approximate surface area is 144 Å². The lowest BCUT2D eigenvalue weighted by Crippen LogP contribution is -2.42. The van der Waals surface area contributed by atoms with Gasteiger partial charge in [0, 0.05) is 24.2 Å². The zero-order chi connectivity index (χ0) is 16.6. The van der Waals surface area contributed by atoms with E-state index >= 15 is 0 Å². The summed E-state index contributed by atoms with van der Waals surface area (Å²) in [7, 11) is 0. The number of halogens is 1. The second-order valence-corrected chi connectivity index (χ2v) is 7.23. The third-order valence-corrected chi connectivity index (χ3v) is 4.63. The van der Waals surface area contributed by atoms with Crippen molar-refractivity contribution in [1.29, 1.82) is 0 Å². The van der Waals surface area contributed by atoms with Crippen molar-refractivity contribution >= 4 is 32.8 Å². The molecule has 0 aliphatic carbocycles. The molecular formula is C18H22BrNO3. The summed E-state index contributed by atoms with van der Waals surface area (Å²) in [6.45, 7) is 6.88. The van der Waals surface area contributed by atoms with E-state index in [2.05, 4.69) is 22.9 Å². The molecule has 1 amide bonds. The number of furan rings is 1. The van der Waals surface area contributed by atoms with Gasteiger partial charge in [0.25, 0.3) is 5.91 Å². The van der Waals surface area contributed by atoms with Crippen molar-refractivity contribution in [2.45, 2.75) is 52.2 Å². The number of carbonyl (C=O) groups is 1. The molecule has 1 atom stereocenters. The molecule has 1 unspecified atom stereocenters. The third-order valence-electron chi connectivity index (χ3n) is 4.24. The van der Waals surface area contributed by atoms with Crippen LogP contribution in [0.15, 0.2) is 27.3 Å². The van der Waals surface area contributed by atoms with E-state index in [4.69, 9.17) is 9.15 Å². The molecule has 1 fully saturated rings. The lowest BCUT2D eigenvalue weighted by Gasteiger charge is -2.33. The smallest absolute Gasteiger partial charge is 0.254 e. The SMILES string of the molecule is CC(C)Oc1cc(C(=O)N2CCCCC2C)cc2oc(Br)cc12. The number of benzene rings is 1. The van der Waals surface area contributed by atoms with Gasteiger partial charge in [0.1, 0.15) is 11.3 Å². The van der Waals surface area contributed by atoms with Gasteiger partial charge in [-0.3, -0.25) is 4.79 Å². The lowest BCUT2D eigenvalue weighted by molar-refractivity contribution is 0.0635. The van der Waals surface area contributed by atoms with Crippen molar-refractivity contribution in [3.63, 3.8) is 0 Å². The standard InChI is InChI=1S/C18H22BrNO3/c1-11(2)22-15-8-13(9-16-14(15)10-17(19)23-16)18(21)20-7-5-4-6-12(20)3/h8-12H,4-7H2,1-3H3. The summed E-state index contributed by atoms with van der Waals surface area (Å²) in [5, 5.41) is 0.883. The molecule has 124 valence electrons. The average Bonchev–Trinajstić information content (AvgIpc) is 2.87. The van der Waals surface area contributed by atoms with Gasteiger partial charge in [0.2, 0.25) is 0 Å². The van der Waals surface area contributed by atoms with Crippen LogP contribution in [-0.4, -0.2) is 29.5 Å². The van der Waals surface area contributed by atoms with E-state index in [1.165, 1.54) is 6.42 Å². The molecule has 2 aromatic rings. The first kappa shape index (κ1) is 16.4. The van der Waals surface area contributed by atoms with Gasteiger partial charge in [0.15, 0.2) is 4.67 Å². The molecule has 5 heteroatoms. The molecule has 0 radical (unpaired) electrons. The Balaban J connectivity index is 2.01. The molecule has 23 heavy (non-hydrogen) atoms. The third kappa shape index (κ3) is 3.39. The number of carbonyl (C=O) groups excluding carboxylic acids is 1. The summed E-state index contributed by atoms with van der Waals surface area (Å²) in [6, 6.07) is 5.82. The molecular weight excluding hydrogens is 358 g/mol. The van der Waals surface area contributed by atoms with Crippen molar-refractivity contribution < 1.29 is 13.9 Å². The fourth-order valence-corrected chi connectivity index (χ4v) is 3.52. The largest absolute Gasteiger partial charge is 0.490 e. The van der Waals surface area contributed by atoms with Crippen LogP contribution in [0.2, 0.25) is 0 Å². The number of rotatable bonds is 3. The minimum absolute atomic E-state index is 0.0335. The van der Waals surface area contributed by atoms with Gasteiger partial charge in [-0.25, -0.2) is 0 Å². The molecule has 3 rings (SSSR count). The highest BCUT2D eigenvalue weighted by Crippen LogP contribution is 2.34. The van der Waals surface area contributed by atoms with Crippen LogP contribution in [0.4, 0.5) is 0 Å². The number of amides is 1. The van der Waals surface area contributed by atoms with Crippen LogP contribution >= 0.6 is 15.9 Å². The Hall–Kier alpha value is -1.49. The summed E-state index contributed by atoms with van der Waals surface area (Å²) >= 11 is 3.36. The fourth-order valence-electron chi connectivity index (χ4n) is 3.12. The van der Waals surface area contributed by atoms with E-state index in [1.807, 2.05) is 36.9 Å². The molecule has 0 spiro atoms. The van der Waals surface area contributed by atoms with Gasteiger partial charge in [-0.1, -0.05) is 0 Å². The number of ether oxygens (including phenoxy) is 1. The Morgan fingerprint density at radius 3 is 2.83 bits per heavy atom. The van der Waals surface area contributed by atoms with Gasteiger partial charge in [-0.15, -0.1) is 0 Å². The van der Waals surface area contributed by atoms with Crippen LogP contribution in [0.5, 0.6) is 5.75 Å². The Kier molecular flexibility index (Phi) is 4.67. The van der Waals surface area contributed by atoms with Crippen LogP contribution in [-0.2, 0) is 0 Å². The first-order valence-electron chi connectivity index (χ1n) is 8.16. The van der Waals surface area contributed by atoms with E-state index in [1.54, 1.807) is 0 Å². The summed E-state index contributed by atoms with van der Waals surface area (Å²) in [6.07, 6.45) is 3.36. The molecule has 2 heterocycles. The number of nitrogens with zero attached hydrogens (tertiary/aromatic N) is 1. The highest BCUT2D eigenvalue weighted by molar-refractivity contribution is 9.10. The zero-order valence-corrected chi connectivity index (χ0v) is 15.4. The summed E-state index contributed by atoms with van der Waals surface area (Å²) in [5.41, 5.74) is 1.30. The molecule has 1 aromatic heterocycles. The van der Waals surface area contributed by atoms with Crippen molar-refractivity contribution in [2.75, 3.05) is 6.54 Å². The Bertz CT molecular complexity index is 722. The highest BCUT2D eigenvalue weighted by atomic mass is 79.9. The minimum atomic E-state index is 0.0335. The van der Waals surface area contributed by atoms with Crippen molar-refractivity contribution in [3.8, 4) is 5.75 Å². The fraction of sp³-hybridized carbons (Fsp3) is 0.500. The maximum absolute atomic E-state index is 12.9. The van der Waals surface area contributed by atoms with Crippen LogP contribution in [0, 0.1) is 0 Å². The molecule has 1 saturated heterocycles. The van der Waals surface area contributed by atoms with E-state index in [0.29, 0.717) is 21.6 Å². The highest BCUT2D eigenvalue weighted by Gasteiger charge is 2.25. The van der Waals surface area contributed by atoms with Crippen LogP contribution in [0.25, 0.3) is 11.0 Å². The van der Waals surface area contributed by atoms with Gasteiger partial charge < -0.3 is 14.1 Å². The quantitative estimate of drug-likeness (QED) is 0.753. The summed E-state index contributed by atoms with van der Waals surface area (Å²) < 4.78 is 12.2. The molecule has 1 aromatic carbocycles. The van der Waals surface area contributed by atoms with Gasteiger partial charge >= 0.3 is 0 Å². The van der Waals surface area contributed by atoms with E-state index < -0.39 is 0 Å². The first-order chi connectivity index (χ1) is 11.0. The van der Waals surface area contributed by atoms with E-state index in [0.717, 1.165) is 24.8 Å². The maximum atomic E-state index is 12.9. The van der Waals surface area contributed by atoms with Crippen molar-refractivity contribution in [3.05, 3.63) is 28.4 Å². The van der Waals surface area contributed by atoms with Crippen molar-refractivity contribution in [2.24, 2.45) is 0 Å². The topological polar surface area (TPSA) is 42.7 Å². The molecule has 4 nitrogen and oxygen atoms in total. The second-order valence-electron chi connectivity index (χ2n) is 6.45. The second kappa shape index (κ2) is 6.56. The molecule has 1 aliphatic heterocycles. The Morgan fingerprint density at radius 1 is 1.35 bits per heavy atom. The first-order valence-corrected chi connectivity index (χ1v) is 8.95. The minimum Gasteiger partial charge on any atom is -0.490 e. The van der Waals surface area contributed by atoms with Crippen LogP contribution in [0.1, 0.15) is 50.4 Å². The Morgan fingerprint density at radius 2 is 2.13 bits per heavy atom. The predicted octanol–water partition coefficient (Wildman–Crippen LogP) is 5.00. The van der Waals surface area contributed by atoms with Crippen molar-refractivity contribution in [1.82, 2.24) is 4.90 Å². The van der Waals surface area contributed by atoms with Crippen LogP contribution in [0.3, 0.4) is 0 Å². The number of likely N-dealkylation sites (tertiary alicyclic amines) is 1. The van der Waals surface area contributed by atoms with Gasteiger partial charge in [-0.2, -0.15) is 0 Å². The normalized spacial score (nSPS) is 18.7. The molecule has 0 N–H and O–H groups in total. The van der Waals surface area contributed by atoms with E-state index in [-0.39, 0.29) is 18.1 Å². The molecule has 0 saturated carbocycles. The van der Waals surface area contributed by atoms with Gasteiger partial charge in [-0.05, 0) is 68.1 Å². The number of hydrogen-bond acceptors (Lipinski definition) is 3. The lowest BCUT2D eigenvalue weighted by atomic mass is 10.0. The maximum Gasteiger partial charge on any atom is 0.254 e. The zero-order valence-electron chi connectivity index (χ0n) is 13.8. The average molecular weight is 380 g/mol. The molecule has 0 bridgehead atoms. The summed E-state index contributed by atoms with van der Waals surface area (Å²) in [4.78, 5) is 14.9. The monoisotopic (exact) mass is 379 g/mol. The number of piperidine rings is 1. The van der Waals surface area contributed by atoms with Gasteiger partial charge in [0.05, 0.1) is 11.5 Å². The molecule has 1 aliphatic rings. The van der Waals surface area contributed by atoms with Crippen LogP contribution < -0.4 is 4.74 Å². The summed E-state index contributed by atoms with van der Waals surface area (Å²) in [5.74, 6) is 0.750. The number of fused-ring (bicyclic) bond motifs is 1. The predicted molar refractivity (Wildman–Crippen MR) is 94.0 cm³/mol. The van der Waals surface area contributed by atoms with E-state index in [9.17, 15) is 4.79 Å².